The molecule has 1 aliphatic rings. The summed E-state index contributed by atoms with van der Waals surface area (Å²) in [5.74, 6) is 0. The molecule has 0 fully saturated rings. The van der Waals surface area contributed by atoms with Gasteiger partial charge in [0.1, 0.15) is 0 Å². The third-order valence-corrected chi connectivity index (χ3v) is 2.72. The van der Waals surface area contributed by atoms with Crippen molar-refractivity contribution >= 4 is 5.57 Å². The van der Waals surface area contributed by atoms with Crippen LogP contribution in [0.3, 0.4) is 0 Å². The van der Waals surface area contributed by atoms with Crippen molar-refractivity contribution in [2.45, 2.75) is 18.9 Å². The minimum atomic E-state index is -1.02. The molecule has 1 aromatic rings. The Hall–Kier alpha value is -1.94. The molecule has 0 amide bonds. The Morgan fingerprint density at radius 2 is 2.00 bits per heavy atom. The van der Waals surface area contributed by atoms with Gasteiger partial charge in [-0.3, -0.25) is 10.1 Å². The molecule has 2 rings (SSSR count). The van der Waals surface area contributed by atoms with Gasteiger partial charge < -0.3 is 5.11 Å². The maximum absolute atomic E-state index is 11.0. The molecular formula is C13H13NO3. The van der Waals surface area contributed by atoms with E-state index in [0.717, 1.165) is 5.56 Å². The number of allylic oxidation sites excluding steroid dienone is 1. The van der Waals surface area contributed by atoms with E-state index in [2.05, 4.69) is 0 Å². The molecule has 0 saturated heterocycles. The van der Waals surface area contributed by atoms with Gasteiger partial charge in [-0.2, -0.15) is 0 Å². The Labute approximate surface area is 99.0 Å². The first-order chi connectivity index (χ1) is 7.99. The number of nitro groups is 1. The van der Waals surface area contributed by atoms with E-state index in [0.29, 0.717) is 5.57 Å². The third kappa shape index (κ3) is 2.42. The highest BCUT2D eigenvalue weighted by atomic mass is 16.6. The van der Waals surface area contributed by atoms with Gasteiger partial charge in [0, 0.05) is 6.42 Å². The fraction of sp³-hybridized carbons (Fsp3) is 0.231. The molecule has 88 valence electrons. The van der Waals surface area contributed by atoms with Gasteiger partial charge in [0.15, 0.2) is 0 Å². The molecule has 0 radical (unpaired) electrons. The molecule has 4 heteroatoms. The summed E-state index contributed by atoms with van der Waals surface area (Å²) in [6.45, 7) is 1.64. The van der Waals surface area contributed by atoms with Gasteiger partial charge in [0.05, 0.1) is 16.1 Å². The van der Waals surface area contributed by atoms with Crippen molar-refractivity contribution in [2.75, 3.05) is 0 Å². The molecule has 0 heterocycles. The molecule has 1 atom stereocenters. The Bertz CT molecular complexity index is 501. The number of benzene rings is 1. The van der Waals surface area contributed by atoms with Crippen LogP contribution in [0.1, 0.15) is 18.9 Å². The maximum Gasteiger partial charge on any atom is 0.273 e. The van der Waals surface area contributed by atoms with E-state index in [1.54, 1.807) is 25.1 Å². The highest BCUT2D eigenvalue weighted by Gasteiger charge is 2.29. The van der Waals surface area contributed by atoms with Crippen molar-refractivity contribution in [2.24, 2.45) is 0 Å². The van der Waals surface area contributed by atoms with Crippen molar-refractivity contribution < 1.29 is 10.0 Å². The fourth-order valence-electron chi connectivity index (χ4n) is 1.88. The van der Waals surface area contributed by atoms with Crippen molar-refractivity contribution in [3.8, 4) is 0 Å². The quantitative estimate of drug-likeness (QED) is 0.627. The van der Waals surface area contributed by atoms with E-state index in [4.69, 9.17) is 0 Å². The maximum atomic E-state index is 11.0. The van der Waals surface area contributed by atoms with E-state index in [1.165, 1.54) is 6.08 Å². The number of aliphatic hydroxyl groups is 1. The predicted octanol–water partition coefficient (Wildman–Crippen LogP) is 2.39. The van der Waals surface area contributed by atoms with Crippen molar-refractivity contribution in [3.05, 3.63) is 63.9 Å². The van der Waals surface area contributed by atoms with Gasteiger partial charge in [0.2, 0.25) is 0 Å². The summed E-state index contributed by atoms with van der Waals surface area (Å²) in [6, 6.07) is 9.07. The lowest BCUT2D eigenvalue weighted by Crippen LogP contribution is -2.24. The minimum absolute atomic E-state index is 0.0581. The number of hydrogen-bond acceptors (Lipinski definition) is 3. The second kappa shape index (κ2) is 4.14. The molecule has 0 saturated carbocycles. The van der Waals surface area contributed by atoms with Gasteiger partial charge >= 0.3 is 0 Å². The van der Waals surface area contributed by atoms with E-state index in [-0.39, 0.29) is 12.1 Å². The van der Waals surface area contributed by atoms with Crippen molar-refractivity contribution in [1.82, 2.24) is 0 Å². The zero-order valence-electron chi connectivity index (χ0n) is 9.46. The highest BCUT2D eigenvalue weighted by molar-refractivity contribution is 5.78. The molecule has 0 bridgehead atoms. The zero-order chi connectivity index (χ0) is 12.5. The lowest BCUT2D eigenvalue weighted by Gasteiger charge is -2.22. The molecule has 0 aliphatic heterocycles. The summed E-state index contributed by atoms with van der Waals surface area (Å²) >= 11 is 0. The SMILES string of the molecule is C[C@]1(O)C=C(c2ccccc2)C([N+](=O)[O-])=CC1. The smallest absolute Gasteiger partial charge is 0.273 e. The van der Waals surface area contributed by atoms with Crippen molar-refractivity contribution in [1.29, 1.82) is 0 Å². The molecule has 1 N–H and O–H groups in total. The van der Waals surface area contributed by atoms with Crippen molar-refractivity contribution in [3.63, 3.8) is 0 Å². The zero-order valence-corrected chi connectivity index (χ0v) is 9.46. The van der Waals surface area contributed by atoms with Crippen LogP contribution in [0.4, 0.5) is 0 Å². The highest BCUT2D eigenvalue weighted by Crippen LogP contribution is 2.32. The first-order valence-corrected chi connectivity index (χ1v) is 5.35. The summed E-state index contributed by atoms with van der Waals surface area (Å²) in [6.07, 6.45) is 3.29. The average molecular weight is 231 g/mol. The van der Waals surface area contributed by atoms with Crippen LogP contribution in [0, 0.1) is 10.1 Å². The number of nitrogens with zero attached hydrogens (tertiary/aromatic N) is 1. The molecule has 0 aromatic heterocycles. The molecule has 0 spiro atoms. The van der Waals surface area contributed by atoms with Crippen LogP contribution in [0.2, 0.25) is 0 Å². The summed E-state index contributed by atoms with van der Waals surface area (Å²) < 4.78 is 0. The Morgan fingerprint density at radius 1 is 1.35 bits per heavy atom. The largest absolute Gasteiger partial charge is 0.386 e. The Balaban J connectivity index is 2.50. The van der Waals surface area contributed by atoms with E-state index in [9.17, 15) is 15.2 Å². The lowest BCUT2D eigenvalue weighted by molar-refractivity contribution is -0.417. The summed E-state index contributed by atoms with van der Waals surface area (Å²) in [4.78, 5) is 10.6. The second-order valence-corrected chi connectivity index (χ2v) is 4.33. The molecule has 1 aromatic carbocycles. The van der Waals surface area contributed by atoms with Gasteiger partial charge in [-0.05, 0) is 24.6 Å². The Morgan fingerprint density at radius 3 is 2.59 bits per heavy atom. The molecular weight excluding hydrogens is 218 g/mol. The first kappa shape index (κ1) is 11.5. The lowest BCUT2D eigenvalue weighted by atomic mass is 9.88. The fourth-order valence-corrected chi connectivity index (χ4v) is 1.88. The molecule has 4 nitrogen and oxygen atoms in total. The van der Waals surface area contributed by atoms with Crippen LogP contribution in [0.15, 0.2) is 48.2 Å². The minimum Gasteiger partial charge on any atom is -0.386 e. The number of hydrogen-bond donors (Lipinski definition) is 1. The predicted molar refractivity (Wildman–Crippen MR) is 64.7 cm³/mol. The molecule has 1 aliphatic carbocycles. The monoisotopic (exact) mass is 231 g/mol. The summed E-state index contributed by atoms with van der Waals surface area (Å²) in [5.41, 5.74) is 0.259. The summed E-state index contributed by atoms with van der Waals surface area (Å²) in [5, 5.41) is 20.9. The normalized spacial score (nSPS) is 23.9. The van der Waals surface area contributed by atoms with Gasteiger partial charge in [-0.25, -0.2) is 0 Å². The van der Waals surface area contributed by atoms with Crippen LogP contribution in [0.5, 0.6) is 0 Å². The van der Waals surface area contributed by atoms with Crippen LogP contribution in [0.25, 0.3) is 5.57 Å². The van der Waals surface area contributed by atoms with E-state index in [1.807, 2.05) is 18.2 Å². The average Bonchev–Trinajstić information content (AvgIpc) is 2.28. The topological polar surface area (TPSA) is 63.4 Å². The Kier molecular flexibility index (Phi) is 2.81. The van der Waals surface area contributed by atoms with Crippen LogP contribution in [-0.4, -0.2) is 15.6 Å². The van der Waals surface area contributed by atoms with E-state index >= 15 is 0 Å². The molecule has 0 unspecified atom stereocenters. The summed E-state index contributed by atoms with van der Waals surface area (Å²) in [7, 11) is 0. The third-order valence-electron chi connectivity index (χ3n) is 2.72. The standard InChI is InChI=1S/C13H13NO3/c1-13(15)8-7-12(14(16)17)11(9-13)10-5-3-2-4-6-10/h2-7,9,15H,8H2,1H3/t13-/m1/s1. The van der Waals surface area contributed by atoms with Crippen LogP contribution < -0.4 is 0 Å². The van der Waals surface area contributed by atoms with Gasteiger partial charge in [0.25, 0.3) is 5.70 Å². The van der Waals surface area contributed by atoms with E-state index < -0.39 is 10.5 Å². The first-order valence-electron chi connectivity index (χ1n) is 5.35. The number of rotatable bonds is 2. The second-order valence-electron chi connectivity index (χ2n) is 4.33. The van der Waals surface area contributed by atoms with Crippen LogP contribution >= 0.6 is 0 Å². The molecule has 17 heavy (non-hydrogen) atoms. The van der Waals surface area contributed by atoms with Gasteiger partial charge in [-0.15, -0.1) is 0 Å². The van der Waals surface area contributed by atoms with Crippen LogP contribution in [-0.2, 0) is 0 Å². The van der Waals surface area contributed by atoms with Gasteiger partial charge in [-0.1, -0.05) is 30.3 Å².